The van der Waals surface area contributed by atoms with Crippen LogP contribution in [-0.2, 0) is 14.4 Å². The number of fused-ring (bicyclic) bond motifs is 1. The van der Waals surface area contributed by atoms with Crippen LogP contribution in [-0.4, -0.2) is 41.1 Å². The highest BCUT2D eigenvalue weighted by Crippen LogP contribution is 2.62. The Morgan fingerprint density at radius 1 is 1.17 bits per heavy atom. The molecule has 0 spiro atoms. The average molecular weight is 586 g/mol. The normalized spacial score (nSPS) is 24.3. The summed E-state index contributed by atoms with van der Waals surface area (Å²) in [5, 5.41) is 2.93. The second kappa shape index (κ2) is 10.1. The van der Waals surface area contributed by atoms with Gasteiger partial charge in [-0.05, 0) is 30.7 Å². The molecule has 4 atom stereocenters. The van der Waals surface area contributed by atoms with Crippen LogP contribution < -0.4 is 16.0 Å². The first kappa shape index (κ1) is 25.3. The van der Waals surface area contributed by atoms with E-state index in [0.717, 1.165) is 16.8 Å². The summed E-state index contributed by atoms with van der Waals surface area (Å²) >= 11 is 2.21. The number of nitrogens with zero attached hydrogens (tertiary/aromatic N) is 2. The molecule has 4 rings (SSSR count). The molecule has 1 aliphatic carbocycles. The summed E-state index contributed by atoms with van der Waals surface area (Å²) in [6.07, 6.45) is -0.0179. The molecule has 2 aliphatic rings. The summed E-state index contributed by atoms with van der Waals surface area (Å²) < 4.78 is 0.710. The number of rotatable bonds is 8. The van der Waals surface area contributed by atoms with Crippen LogP contribution in [0.2, 0.25) is 0 Å². The molecule has 35 heavy (non-hydrogen) atoms. The van der Waals surface area contributed by atoms with Gasteiger partial charge in [0.15, 0.2) is 0 Å². The lowest BCUT2D eigenvalue weighted by Gasteiger charge is -2.28. The first-order valence-corrected chi connectivity index (χ1v) is 13.4. The van der Waals surface area contributed by atoms with Crippen molar-refractivity contribution in [2.45, 2.75) is 32.9 Å². The number of hydrogen-bond acceptors (Lipinski definition) is 4. The maximum absolute atomic E-state index is 13.9. The third-order valence-electron chi connectivity index (χ3n) is 7.31. The highest BCUT2D eigenvalue weighted by molar-refractivity contribution is 14.1. The fourth-order valence-electron chi connectivity index (χ4n) is 5.42. The molecule has 1 aliphatic heterocycles. The van der Waals surface area contributed by atoms with Gasteiger partial charge in [0.2, 0.25) is 18.0 Å². The number of primary amides is 1. The van der Waals surface area contributed by atoms with Gasteiger partial charge in [0, 0.05) is 22.6 Å². The van der Waals surface area contributed by atoms with Gasteiger partial charge in [-0.25, -0.2) is 4.99 Å². The SMILES string of the molecule is CC(C)C1CC1(C(=O)N[C@H]1N=C(c2ccccc2)c2ccccc2N(C)C1=O)[C@H](CCI)C(N)=O. The molecule has 0 aromatic heterocycles. The molecular weight excluding hydrogens is 555 g/mol. The average Bonchev–Trinajstić information content (AvgIpc) is 3.62. The van der Waals surface area contributed by atoms with E-state index in [1.807, 2.05) is 54.6 Å². The number of benzene rings is 2. The second-order valence-electron chi connectivity index (χ2n) is 9.66. The summed E-state index contributed by atoms with van der Waals surface area (Å²) in [4.78, 5) is 46.1. The van der Waals surface area contributed by atoms with Crippen LogP contribution in [0.25, 0.3) is 0 Å². The van der Waals surface area contributed by atoms with Crippen molar-refractivity contribution in [3.63, 3.8) is 0 Å². The number of halogens is 1. The Morgan fingerprint density at radius 3 is 2.43 bits per heavy atom. The summed E-state index contributed by atoms with van der Waals surface area (Å²) in [5.41, 5.74) is 7.89. The molecule has 0 bridgehead atoms. The van der Waals surface area contributed by atoms with Crippen molar-refractivity contribution < 1.29 is 14.4 Å². The maximum Gasteiger partial charge on any atom is 0.272 e. The van der Waals surface area contributed by atoms with Gasteiger partial charge >= 0.3 is 0 Å². The Labute approximate surface area is 219 Å². The molecule has 2 aromatic rings. The highest BCUT2D eigenvalue weighted by atomic mass is 127. The van der Waals surface area contributed by atoms with Crippen molar-refractivity contribution in [2.75, 3.05) is 16.4 Å². The number of likely N-dealkylation sites (N-methyl/N-ethyl adjacent to an activating group) is 1. The van der Waals surface area contributed by atoms with Crippen LogP contribution in [0.1, 0.15) is 37.8 Å². The summed E-state index contributed by atoms with van der Waals surface area (Å²) in [6.45, 7) is 4.10. The smallest absolute Gasteiger partial charge is 0.272 e. The van der Waals surface area contributed by atoms with Gasteiger partial charge < -0.3 is 16.0 Å². The Morgan fingerprint density at radius 2 is 1.83 bits per heavy atom. The molecule has 1 saturated carbocycles. The third-order valence-corrected chi connectivity index (χ3v) is 7.93. The van der Waals surface area contributed by atoms with Crippen LogP contribution in [0.15, 0.2) is 59.6 Å². The van der Waals surface area contributed by atoms with Crippen LogP contribution in [0.3, 0.4) is 0 Å². The van der Waals surface area contributed by atoms with Crippen LogP contribution in [0.4, 0.5) is 5.69 Å². The van der Waals surface area contributed by atoms with Crippen molar-refractivity contribution in [2.24, 2.45) is 33.9 Å². The van der Waals surface area contributed by atoms with Gasteiger partial charge in [-0.15, -0.1) is 0 Å². The number of nitrogens with one attached hydrogen (secondary N) is 1. The van der Waals surface area contributed by atoms with Gasteiger partial charge in [0.05, 0.1) is 22.7 Å². The number of alkyl halides is 1. The van der Waals surface area contributed by atoms with E-state index in [1.165, 1.54) is 4.90 Å². The zero-order valence-corrected chi connectivity index (χ0v) is 22.4. The molecular formula is C27H31IN4O3. The lowest BCUT2D eigenvalue weighted by Crippen LogP contribution is -2.51. The monoisotopic (exact) mass is 586 g/mol. The minimum atomic E-state index is -1.12. The van der Waals surface area contributed by atoms with Crippen molar-refractivity contribution in [1.29, 1.82) is 0 Å². The van der Waals surface area contributed by atoms with E-state index in [1.54, 1.807) is 7.05 Å². The highest BCUT2D eigenvalue weighted by Gasteiger charge is 2.66. The quantitative estimate of drug-likeness (QED) is 0.365. The number of para-hydroxylation sites is 1. The number of amides is 3. The largest absolute Gasteiger partial charge is 0.369 e. The van der Waals surface area contributed by atoms with Gasteiger partial charge in [0.25, 0.3) is 5.91 Å². The molecule has 1 heterocycles. The minimum absolute atomic E-state index is 0.0244. The number of anilines is 1. The first-order valence-electron chi connectivity index (χ1n) is 11.9. The van der Waals surface area contributed by atoms with E-state index in [-0.39, 0.29) is 23.7 Å². The van der Waals surface area contributed by atoms with Gasteiger partial charge in [-0.2, -0.15) is 0 Å². The Balaban J connectivity index is 1.75. The molecule has 8 heteroatoms. The number of aliphatic imine (C=N–C) groups is 1. The van der Waals surface area contributed by atoms with Crippen LogP contribution in [0, 0.1) is 23.2 Å². The summed E-state index contributed by atoms with van der Waals surface area (Å²) in [7, 11) is 1.69. The Kier molecular flexibility index (Phi) is 7.30. The predicted molar refractivity (Wildman–Crippen MR) is 145 cm³/mol. The number of carbonyl (C=O) groups excluding carboxylic acids is 3. The summed E-state index contributed by atoms with van der Waals surface area (Å²) in [5.74, 6) is -1.48. The number of benzodiazepines with no additional fused rings is 1. The van der Waals surface area contributed by atoms with Gasteiger partial charge in [-0.3, -0.25) is 14.4 Å². The molecule has 7 nitrogen and oxygen atoms in total. The van der Waals surface area contributed by atoms with Crippen LogP contribution in [0.5, 0.6) is 0 Å². The standard InChI is InChI=1S/C27H31IN4O3/c1-16(2)20-15-27(20,19(13-14-28)23(29)33)26(35)31-24-25(34)32(3)21-12-8-7-11-18(21)22(30-24)17-9-5-4-6-10-17/h4-12,16,19-20,24H,13-15H2,1-3H3,(H2,29,33)(H,31,35)/t19-,20?,24-,27?/m1/s1. The fraction of sp³-hybridized carbons (Fsp3) is 0.407. The Bertz CT molecular complexity index is 1170. The summed E-state index contributed by atoms with van der Waals surface area (Å²) in [6, 6.07) is 17.2. The van der Waals surface area contributed by atoms with E-state index >= 15 is 0 Å². The molecule has 2 unspecified atom stereocenters. The van der Waals surface area contributed by atoms with E-state index in [9.17, 15) is 14.4 Å². The lowest BCUT2D eigenvalue weighted by atomic mass is 9.81. The van der Waals surface area contributed by atoms with Crippen molar-refractivity contribution in [3.8, 4) is 0 Å². The molecule has 2 aromatic carbocycles. The van der Waals surface area contributed by atoms with E-state index < -0.39 is 23.4 Å². The molecule has 0 saturated heterocycles. The van der Waals surface area contributed by atoms with Gasteiger partial charge in [0.1, 0.15) is 0 Å². The van der Waals surface area contributed by atoms with E-state index in [0.29, 0.717) is 23.0 Å². The first-order chi connectivity index (χ1) is 16.7. The number of hydrogen-bond donors (Lipinski definition) is 2. The molecule has 1 fully saturated rings. The molecule has 3 amide bonds. The number of carbonyl (C=O) groups is 3. The minimum Gasteiger partial charge on any atom is -0.369 e. The zero-order valence-electron chi connectivity index (χ0n) is 20.2. The van der Waals surface area contributed by atoms with E-state index in [2.05, 4.69) is 41.8 Å². The lowest BCUT2D eigenvalue weighted by molar-refractivity contribution is -0.137. The predicted octanol–water partition coefficient (Wildman–Crippen LogP) is 3.53. The second-order valence-corrected chi connectivity index (χ2v) is 10.7. The molecule has 0 radical (unpaired) electrons. The fourth-order valence-corrected chi connectivity index (χ4v) is 6.04. The molecule has 184 valence electrons. The van der Waals surface area contributed by atoms with Crippen molar-refractivity contribution in [1.82, 2.24) is 5.32 Å². The number of nitrogens with two attached hydrogens (primary N) is 1. The zero-order chi connectivity index (χ0) is 25.3. The van der Waals surface area contributed by atoms with Crippen molar-refractivity contribution in [3.05, 3.63) is 65.7 Å². The van der Waals surface area contributed by atoms with Gasteiger partial charge in [-0.1, -0.05) is 85.0 Å². The maximum atomic E-state index is 13.9. The van der Waals surface area contributed by atoms with Crippen LogP contribution >= 0.6 is 22.6 Å². The Hall–Kier alpha value is -2.75. The molecule has 3 N–H and O–H groups in total. The topological polar surface area (TPSA) is 105 Å². The van der Waals surface area contributed by atoms with Crippen molar-refractivity contribution >= 4 is 51.7 Å². The third kappa shape index (κ3) is 4.60. The van der Waals surface area contributed by atoms with E-state index in [4.69, 9.17) is 10.7 Å².